The molecule has 0 saturated carbocycles. The van der Waals surface area contributed by atoms with Gasteiger partial charge in [0.2, 0.25) is 5.91 Å². The van der Waals surface area contributed by atoms with Gasteiger partial charge in [-0.25, -0.2) is 0 Å². The molecule has 0 heterocycles. The number of aromatic hydroxyl groups is 1. The van der Waals surface area contributed by atoms with Crippen LogP contribution in [0.3, 0.4) is 0 Å². The standard InChI is InChI=1S/C13H20N2O2/c1-9(2)12(14)7-13(17)15-8-10-3-5-11(16)6-4-10/h3-6,9,12,16H,7-8,14H2,1-2H3,(H,15,17). The number of hydrogen-bond donors (Lipinski definition) is 3. The van der Waals surface area contributed by atoms with Crippen molar-refractivity contribution in [3.63, 3.8) is 0 Å². The molecule has 1 unspecified atom stereocenters. The Balaban J connectivity index is 2.35. The Labute approximate surface area is 102 Å². The molecule has 1 rings (SSSR count). The number of carbonyl (C=O) groups is 1. The Morgan fingerprint density at radius 2 is 1.94 bits per heavy atom. The summed E-state index contributed by atoms with van der Waals surface area (Å²) in [5, 5.41) is 11.9. The third-order valence-corrected chi connectivity index (χ3v) is 2.70. The van der Waals surface area contributed by atoms with Crippen molar-refractivity contribution in [3.05, 3.63) is 29.8 Å². The molecule has 1 amide bonds. The van der Waals surface area contributed by atoms with Crippen LogP contribution in [0.2, 0.25) is 0 Å². The van der Waals surface area contributed by atoms with Gasteiger partial charge in [0.1, 0.15) is 5.75 Å². The van der Waals surface area contributed by atoms with Gasteiger partial charge in [0.15, 0.2) is 0 Å². The molecule has 0 radical (unpaired) electrons. The molecule has 0 aromatic heterocycles. The summed E-state index contributed by atoms with van der Waals surface area (Å²) in [6.45, 7) is 4.46. The number of benzene rings is 1. The van der Waals surface area contributed by atoms with Gasteiger partial charge in [0.05, 0.1) is 0 Å². The molecule has 17 heavy (non-hydrogen) atoms. The number of phenols is 1. The van der Waals surface area contributed by atoms with E-state index in [9.17, 15) is 4.79 Å². The van der Waals surface area contributed by atoms with E-state index in [-0.39, 0.29) is 17.7 Å². The molecule has 0 aliphatic heterocycles. The van der Waals surface area contributed by atoms with E-state index < -0.39 is 0 Å². The molecular formula is C13H20N2O2. The summed E-state index contributed by atoms with van der Waals surface area (Å²) in [6.07, 6.45) is 0.343. The van der Waals surface area contributed by atoms with Crippen molar-refractivity contribution in [3.8, 4) is 5.75 Å². The summed E-state index contributed by atoms with van der Waals surface area (Å²) in [5.74, 6) is 0.482. The van der Waals surface area contributed by atoms with Gasteiger partial charge in [0, 0.05) is 19.0 Å². The van der Waals surface area contributed by atoms with E-state index >= 15 is 0 Å². The maximum atomic E-state index is 11.6. The van der Waals surface area contributed by atoms with E-state index in [2.05, 4.69) is 5.32 Å². The van der Waals surface area contributed by atoms with Gasteiger partial charge in [-0.15, -0.1) is 0 Å². The first-order chi connectivity index (χ1) is 7.99. The summed E-state index contributed by atoms with van der Waals surface area (Å²) in [4.78, 5) is 11.6. The van der Waals surface area contributed by atoms with E-state index in [0.29, 0.717) is 18.9 Å². The lowest BCUT2D eigenvalue weighted by molar-refractivity contribution is -0.121. The van der Waals surface area contributed by atoms with Crippen molar-refractivity contribution in [1.29, 1.82) is 0 Å². The minimum Gasteiger partial charge on any atom is -0.508 e. The monoisotopic (exact) mass is 236 g/mol. The molecule has 1 atom stereocenters. The van der Waals surface area contributed by atoms with E-state index in [1.807, 2.05) is 13.8 Å². The van der Waals surface area contributed by atoms with E-state index in [4.69, 9.17) is 10.8 Å². The van der Waals surface area contributed by atoms with Gasteiger partial charge in [-0.1, -0.05) is 26.0 Å². The molecule has 0 aliphatic rings. The molecular weight excluding hydrogens is 216 g/mol. The number of amides is 1. The minimum atomic E-state index is -0.102. The lowest BCUT2D eigenvalue weighted by Crippen LogP contribution is -2.34. The fraction of sp³-hybridized carbons (Fsp3) is 0.462. The molecule has 0 spiro atoms. The van der Waals surface area contributed by atoms with Crippen molar-refractivity contribution in [2.24, 2.45) is 11.7 Å². The van der Waals surface area contributed by atoms with Gasteiger partial charge in [-0.05, 0) is 23.6 Å². The SMILES string of the molecule is CC(C)C(N)CC(=O)NCc1ccc(O)cc1. The highest BCUT2D eigenvalue weighted by molar-refractivity contribution is 5.76. The number of nitrogens with one attached hydrogen (secondary N) is 1. The van der Waals surface area contributed by atoms with Crippen LogP contribution >= 0.6 is 0 Å². The highest BCUT2D eigenvalue weighted by Gasteiger charge is 2.12. The maximum absolute atomic E-state index is 11.6. The third kappa shape index (κ3) is 4.87. The Kier molecular flexibility index (Phi) is 4.97. The number of carbonyl (C=O) groups excluding carboxylic acids is 1. The molecule has 4 nitrogen and oxygen atoms in total. The average Bonchev–Trinajstić information content (AvgIpc) is 2.28. The van der Waals surface area contributed by atoms with Crippen LogP contribution in [0.1, 0.15) is 25.8 Å². The predicted octanol–water partition coefficient (Wildman–Crippen LogP) is 1.38. The Bertz CT molecular complexity index is 360. The predicted molar refractivity (Wildman–Crippen MR) is 67.4 cm³/mol. The van der Waals surface area contributed by atoms with Gasteiger partial charge in [-0.2, -0.15) is 0 Å². The first kappa shape index (κ1) is 13.5. The molecule has 1 aromatic rings. The fourth-order valence-corrected chi connectivity index (χ4v) is 1.34. The summed E-state index contributed by atoms with van der Waals surface area (Å²) >= 11 is 0. The average molecular weight is 236 g/mol. The zero-order valence-corrected chi connectivity index (χ0v) is 10.3. The van der Waals surface area contributed by atoms with Crippen molar-refractivity contribution in [2.45, 2.75) is 32.9 Å². The first-order valence-corrected chi connectivity index (χ1v) is 5.79. The Morgan fingerprint density at radius 1 is 1.35 bits per heavy atom. The number of phenolic OH excluding ortho intramolecular Hbond substituents is 1. The van der Waals surface area contributed by atoms with Gasteiger partial charge < -0.3 is 16.2 Å². The quantitative estimate of drug-likeness (QED) is 0.723. The molecule has 1 aromatic carbocycles. The topological polar surface area (TPSA) is 75.4 Å². The van der Waals surface area contributed by atoms with Crippen LogP contribution in [0.4, 0.5) is 0 Å². The van der Waals surface area contributed by atoms with Crippen LogP contribution in [0.15, 0.2) is 24.3 Å². The van der Waals surface area contributed by atoms with Crippen LogP contribution in [-0.2, 0) is 11.3 Å². The summed E-state index contributed by atoms with van der Waals surface area (Å²) in [5.41, 5.74) is 6.77. The van der Waals surface area contributed by atoms with E-state index in [0.717, 1.165) is 5.56 Å². The molecule has 0 aliphatic carbocycles. The van der Waals surface area contributed by atoms with Gasteiger partial charge in [0.25, 0.3) is 0 Å². The van der Waals surface area contributed by atoms with Crippen LogP contribution < -0.4 is 11.1 Å². The van der Waals surface area contributed by atoms with Crippen LogP contribution in [0, 0.1) is 5.92 Å². The minimum absolute atomic E-state index is 0.0423. The highest BCUT2D eigenvalue weighted by Crippen LogP contribution is 2.09. The van der Waals surface area contributed by atoms with Gasteiger partial charge in [-0.3, -0.25) is 4.79 Å². The molecule has 0 bridgehead atoms. The van der Waals surface area contributed by atoms with Crippen molar-refractivity contribution < 1.29 is 9.90 Å². The van der Waals surface area contributed by atoms with Crippen molar-refractivity contribution in [1.82, 2.24) is 5.32 Å². The second kappa shape index (κ2) is 6.25. The van der Waals surface area contributed by atoms with E-state index in [1.54, 1.807) is 24.3 Å². The third-order valence-electron chi connectivity index (χ3n) is 2.70. The number of hydrogen-bond acceptors (Lipinski definition) is 3. The van der Waals surface area contributed by atoms with Crippen LogP contribution in [0.25, 0.3) is 0 Å². The van der Waals surface area contributed by atoms with Crippen LogP contribution in [0.5, 0.6) is 5.75 Å². The van der Waals surface area contributed by atoms with E-state index in [1.165, 1.54) is 0 Å². The zero-order valence-electron chi connectivity index (χ0n) is 10.3. The zero-order chi connectivity index (χ0) is 12.8. The Hall–Kier alpha value is -1.55. The summed E-state index contributed by atoms with van der Waals surface area (Å²) in [6, 6.07) is 6.65. The molecule has 94 valence electrons. The summed E-state index contributed by atoms with van der Waals surface area (Å²) in [7, 11) is 0. The second-order valence-electron chi connectivity index (χ2n) is 4.56. The Morgan fingerprint density at radius 3 is 2.47 bits per heavy atom. The number of rotatable bonds is 5. The van der Waals surface area contributed by atoms with Crippen molar-refractivity contribution >= 4 is 5.91 Å². The molecule has 4 N–H and O–H groups in total. The van der Waals surface area contributed by atoms with Crippen molar-refractivity contribution in [2.75, 3.05) is 0 Å². The molecule has 0 saturated heterocycles. The van der Waals surface area contributed by atoms with Crippen LogP contribution in [-0.4, -0.2) is 17.1 Å². The summed E-state index contributed by atoms with van der Waals surface area (Å²) < 4.78 is 0. The molecule has 4 heteroatoms. The fourth-order valence-electron chi connectivity index (χ4n) is 1.34. The smallest absolute Gasteiger partial charge is 0.221 e. The molecule has 0 fully saturated rings. The maximum Gasteiger partial charge on any atom is 0.221 e. The largest absolute Gasteiger partial charge is 0.508 e. The number of nitrogens with two attached hydrogens (primary N) is 1. The highest BCUT2D eigenvalue weighted by atomic mass is 16.3. The second-order valence-corrected chi connectivity index (χ2v) is 4.56. The normalized spacial score (nSPS) is 12.5. The lowest BCUT2D eigenvalue weighted by atomic mass is 10.0. The first-order valence-electron chi connectivity index (χ1n) is 5.79. The lowest BCUT2D eigenvalue weighted by Gasteiger charge is -2.15. The van der Waals surface area contributed by atoms with Gasteiger partial charge >= 0.3 is 0 Å².